The number of hydrogen-bond donors (Lipinski definition) is 2. The van der Waals surface area contributed by atoms with Crippen LogP contribution in [0, 0.1) is 0 Å². The highest BCUT2D eigenvalue weighted by Crippen LogP contribution is 2.10. The lowest BCUT2D eigenvalue weighted by atomic mass is 10.2. The van der Waals surface area contributed by atoms with Gasteiger partial charge in [0.25, 0.3) is 5.91 Å². The molecule has 116 valence electrons. The molecule has 1 aromatic carbocycles. The maximum atomic E-state index is 12.4. The fourth-order valence-electron chi connectivity index (χ4n) is 2.56. The molecular weight excluding hydrogens is 290 g/mol. The third-order valence-corrected chi connectivity index (χ3v) is 5.84. The average Bonchev–Trinajstić information content (AvgIpc) is 2.47. The molecule has 1 aliphatic rings. The van der Waals surface area contributed by atoms with E-state index in [0.717, 1.165) is 10.5 Å². The Hall–Kier alpha value is -1.44. The number of nitrogens with one attached hydrogen (secondary N) is 1. The first-order valence-electron chi connectivity index (χ1n) is 7.06. The number of carbonyl (C=O) groups is 1. The van der Waals surface area contributed by atoms with Crippen LogP contribution in [0.5, 0.6) is 0 Å². The number of nitrogens with two attached hydrogens (primary N) is 1. The van der Waals surface area contributed by atoms with Crippen LogP contribution in [-0.4, -0.2) is 50.9 Å². The Morgan fingerprint density at radius 2 is 1.86 bits per heavy atom. The number of sulfonamides is 1. The van der Waals surface area contributed by atoms with Crippen molar-refractivity contribution in [1.82, 2.24) is 4.31 Å². The molecule has 3 N–H and O–H groups in total. The average molecular weight is 312 g/mol. The molecule has 0 aliphatic carbocycles. The number of piperazine rings is 1. The van der Waals surface area contributed by atoms with Crippen LogP contribution in [0.4, 0.5) is 0 Å². The molecule has 0 bridgehead atoms. The van der Waals surface area contributed by atoms with Crippen LogP contribution in [0.15, 0.2) is 30.3 Å². The summed E-state index contributed by atoms with van der Waals surface area (Å²) in [5, 5.41) is 0. The zero-order valence-corrected chi connectivity index (χ0v) is 13.0. The lowest BCUT2D eigenvalue weighted by Crippen LogP contribution is -3.19. The molecule has 1 aromatic rings. The summed E-state index contributed by atoms with van der Waals surface area (Å²) >= 11 is 0. The Balaban J connectivity index is 1.96. The summed E-state index contributed by atoms with van der Waals surface area (Å²) in [5.41, 5.74) is 6.09. The van der Waals surface area contributed by atoms with E-state index in [1.54, 1.807) is 6.92 Å². The molecule has 0 saturated carbocycles. The molecular formula is C14H22N3O3S+. The molecule has 7 heteroatoms. The highest BCUT2D eigenvalue weighted by Gasteiger charge is 2.32. The van der Waals surface area contributed by atoms with Gasteiger partial charge >= 0.3 is 0 Å². The third-order valence-electron chi connectivity index (χ3n) is 3.99. The van der Waals surface area contributed by atoms with Crippen molar-refractivity contribution in [1.29, 1.82) is 0 Å². The summed E-state index contributed by atoms with van der Waals surface area (Å²) in [6, 6.07) is 8.89. The fraction of sp³-hybridized carbons (Fsp3) is 0.500. The SMILES string of the molecule is C[C@H](C(N)=O)[NH+]1CCN(S(=O)(=O)Cc2ccccc2)CC1. The van der Waals surface area contributed by atoms with Gasteiger partial charge in [-0.25, -0.2) is 8.42 Å². The van der Waals surface area contributed by atoms with Crippen LogP contribution >= 0.6 is 0 Å². The van der Waals surface area contributed by atoms with E-state index in [1.807, 2.05) is 30.3 Å². The van der Waals surface area contributed by atoms with Crippen molar-refractivity contribution in [2.45, 2.75) is 18.7 Å². The van der Waals surface area contributed by atoms with Gasteiger partial charge in [0.2, 0.25) is 10.0 Å². The number of carbonyl (C=O) groups excluding carboxylic acids is 1. The monoisotopic (exact) mass is 312 g/mol. The summed E-state index contributed by atoms with van der Waals surface area (Å²) in [7, 11) is -3.30. The molecule has 1 heterocycles. The number of nitrogens with zero attached hydrogens (tertiary/aromatic N) is 1. The van der Waals surface area contributed by atoms with Crippen LogP contribution in [0.2, 0.25) is 0 Å². The van der Waals surface area contributed by atoms with Gasteiger partial charge in [-0.1, -0.05) is 30.3 Å². The predicted octanol–water partition coefficient (Wildman–Crippen LogP) is -1.41. The van der Waals surface area contributed by atoms with E-state index in [4.69, 9.17) is 5.73 Å². The van der Waals surface area contributed by atoms with Crippen molar-refractivity contribution >= 4 is 15.9 Å². The number of hydrogen-bond acceptors (Lipinski definition) is 3. The summed E-state index contributed by atoms with van der Waals surface area (Å²) in [6.07, 6.45) is 0. The quantitative estimate of drug-likeness (QED) is 0.701. The zero-order valence-electron chi connectivity index (χ0n) is 12.2. The van der Waals surface area contributed by atoms with Gasteiger partial charge in [-0.2, -0.15) is 4.31 Å². The van der Waals surface area contributed by atoms with E-state index < -0.39 is 10.0 Å². The van der Waals surface area contributed by atoms with Gasteiger partial charge in [-0.15, -0.1) is 0 Å². The summed E-state index contributed by atoms with van der Waals surface area (Å²) in [4.78, 5) is 12.2. The lowest BCUT2D eigenvalue weighted by molar-refractivity contribution is -0.917. The lowest BCUT2D eigenvalue weighted by Gasteiger charge is -2.33. The standard InChI is InChI=1S/C14H21N3O3S/c1-12(14(15)18)16-7-9-17(10-8-16)21(19,20)11-13-5-3-2-4-6-13/h2-6,12H,7-11H2,1H3,(H2,15,18)/p+1/t12-/m1/s1. The molecule has 1 aliphatic heterocycles. The first-order valence-corrected chi connectivity index (χ1v) is 8.67. The van der Waals surface area contributed by atoms with Gasteiger partial charge in [0.1, 0.15) is 0 Å². The van der Waals surface area contributed by atoms with Gasteiger partial charge < -0.3 is 10.6 Å². The minimum absolute atomic E-state index is 0.0224. The first-order chi connectivity index (χ1) is 9.90. The maximum absolute atomic E-state index is 12.4. The van der Waals surface area contributed by atoms with Crippen molar-refractivity contribution in [3.05, 3.63) is 35.9 Å². The Morgan fingerprint density at radius 1 is 1.29 bits per heavy atom. The number of primary amides is 1. The van der Waals surface area contributed by atoms with Crippen LogP contribution in [-0.2, 0) is 20.6 Å². The summed E-state index contributed by atoms with van der Waals surface area (Å²) in [6.45, 7) is 3.87. The normalized spacial score (nSPS) is 19.3. The van der Waals surface area contributed by atoms with Crippen LogP contribution in [0.1, 0.15) is 12.5 Å². The summed E-state index contributed by atoms with van der Waals surface area (Å²) < 4.78 is 26.3. The predicted molar refractivity (Wildman–Crippen MR) is 80.0 cm³/mol. The molecule has 0 spiro atoms. The van der Waals surface area contributed by atoms with Crippen LogP contribution in [0.3, 0.4) is 0 Å². The molecule has 0 radical (unpaired) electrons. The Morgan fingerprint density at radius 3 is 2.38 bits per heavy atom. The molecule has 1 atom stereocenters. The number of amides is 1. The van der Waals surface area contributed by atoms with Crippen molar-refractivity contribution in [3.63, 3.8) is 0 Å². The first kappa shape index (κ1) is 15.9. The second kappa shape index (κ2) is 6.55. The van der Waals surface area contributed by atoms with E-state index in [-0.39, 0.29) is 17.7 Å². The molecule has 0 aromatic heterocycles. The largest absolute Gasteiger partial charge is 0.365 e. The highest BCUT2D eigenvalue weighted by atomic mass is 32.2. The molecule has 1 saturated heterocycles. The zero-order chi connectivity index (χ0) is 15.5. The topological polar surface area (TPSA) is 84.9 Å². The molecule has 1 amide bonds. The van der Waals surface area contributed by atoms with E-state index in [0.29, 0.717) is 26.2 Å². The van der Waals surface area contributed by atoms with Gasteiger partial charge in [0, 0.05) is 0 Å². The highest BCUT2D eigenvalue weighted by molar-refractivity contribution is 7.88. The van der Waals surface area contributed by atoms with Gasteiger partial charge in [-0.05, 0) is 12.5 Å². The summed E-state index contributed by atoms with van der Waals surface area (Å²) in [5.74, 6) is -0.320. The fourth-order valence-corrected chi connectivity index (χ4v) is 4.10. The van der Waals surface area contributed by atoms with Crippen molar-refractivity contribution < 1.29 is 18.1 Å². The van der Waals surface area contributed by atoms with E-state index in [9.17, 15) is 13.2 Å². The minimum Gasteiger partial charge on any atom is -0.365 e. The molecule has 6 nitrogen and oxygen atoms in total. The number of benzene rings is 1. The minimum atomic E-state index is -3.30. The Labute approximate surface area is 125 Å². The van der Waals surface area contributed by atoms with Crippen molar-refractivity contribution in [2.75, 3.05) is 26.2 Å². The molecule has 0 unspecified atom stereocenters. The number of quaternary nitrogens is 1. The third kappa shape index (κ3) is 4.03. The van der Waals surface area contributed by atoms with E-state index >= 15 is 0 Å². The van der Waals surface area contributed by atoms with E-state index in [2.05, 4.69) is 0 Å². The van der Waals surface area contributed by atoms with Crippen LogP contribution in [0.25, 0.3) is 0 Å². The van der Waals surface area contributed by atoms with Gasteiger partial charge in [0.15, 0.2) is 6.04 Å². The molecule has 2 rings (SSSR count). The second-order valence-electron chi connectivity index (χ2n) is 5.42. The maximum Gasteiger partial charge on any atom is 0.275 e. The van der Waals surface area contributed by atoms with Gasteiger partial charge in [0.05, 0.1) is 31.9 Å². The smallest absolute Gasteiger partial charge is 0.275 e. The van der Waals surface area contributed by atoms with Crippen molar-refractivity contribution in [2.24, 2.45) is 5.73 Å². The Kier molecular flexibility index (Phi) is 4.97. The van der Waals surface area contributed by atoms with Crippen LogP contribution < -0.4 is 10.6 Å². The molecule has 21 heavy (non-hydrogen) atoms. The Bertz CT molecular complexity index is 581. The molecule has 1 fully saturated rings. The van der Waals surface area contributed by atoms with E-state index in [1.165, 1.54) is 4.31 Å². The number of rotatable bonds is 5. The van der Waals surface area contributed by atoms with Crippen molar-refractivity contribution in [3.8, 4) is 0 Å². The van der Waals surface area contributed by atoms with Gasteiger partial charge in [-0.3, -0.25) is 4.79 Å². The second-order valence-corrected chi connectivity index (χ2v) is 7.39.